The van der Waals surface area contributed by atoms with E-state index in [1.54, 1.807) is 0 Å². The Morgan fingerprint density at radius 2 is 2.30 bits per heavy atom. The standard InChI is InChI=1S/C15H22N2O2S/c1-2-12-11-17(7-9-18-12)8-10-19-14-6-4-3-5-13(14)15(16)20/h3-6,12H,2,7-11H2,1H3,(H2,16,20). The van der Waals surface area contributed by atoms with Crippen LogP contribution in [0.4, 0.5) is 0 Å². The quantitative estimate of drug-likeness (QED) is 0.811. The van der Waals surface area contributed by atoms with Gasteiger partial charge in [0.15, 0.2) is 0 Å². The second-order valence-electron chi connectivity index (χ2n) is 4.91. The SMILES string of the molecule is CCC1CN(CCOc2ccccc2C(N)=S)CCO1. The summed E-state index contributed by atoms with van der Waals surface area (Å²) in [5.74, 6) is 0.764. The van der Waals surface area contributed by atoms with Gasteiger partial charge in [0.05, 0.1) is 18.3 Å². The fourth-order valence-corrected chi connectivity index (χ4v) is 2.48. The number of nitrogens with zero attached hydrogens (tertiary/aromatic N) is 1. The maximum absolute atomic E-state index is 5.82. The zero-order valence-corrected chi connectivity index (χ0v) is 12.7. The van der Waals surface area contributed by atoms with Gasteiger partial charge in [0, 0.05) is 19.6 Å². The first-order chi connectivity index (χ1) is 9.70. The van der Waals surface area contributed by atoms with Gasteiger partial charge in [-0.25, -0.2) is 0 Å². The lowest BCUT2D eigenvalue weighted by molar-refractivity contribution is -0.0324. The number of thiocarbonyl (C=S) groups is 1. The van der Waals surface area contributed by atoms with Crippen LogP contribution in [0.1, 0.15) is 18.9 Å². The molecule has 0 saturated carbocycles. The number of hydrogen-bond acceptors (Lipinski definition) is 4. The third-order valence-electron chi connectivity index (χ3n) is 3.50. The maximum atomic E-state index is 5.82. The second kappa shape index (κ2) is 7.57. The first-order valence-electron chi connectivity index (χ1n) is 7.06. The monoisotopic (exact) mass is 294 g/mol. The average Bonchev–Trinajstić information content (AvgIpc) is 2.48. The largest absolute Gasteiger partial charge is 0.492 e. The molecule has 0 aromatic heterocycles. The molecule has 0 aliphatic carbocycles. The van der Waals surface area contributed by atoms with E-state index in [2.05, 4.69) is 11.8 Å². The van der Waals surface area contributed by atoms with Gasteiger partial charge >= 0.3 is 0 Å². The minimum Gasteiger partial charge on any atom is -0.492 e. The third kappa shape index (κ3) is 4.16. The van der Waals surface area contributed by atoms with Crippen LogP contribution in [-0.2, 0) is 4.74 Å². The summed E-state index contributed by atoms with van der Waals surface area (Å²) in [5, 5.41) is 0. The van der Waals surface area contributed by atoms with Crippen LogP contribution in [0, 0.1) is 0 Å². The molecule has 5 heteroatoms. The molecule has 2 rings (SSSR count). The first kappa shape index (κ1) is 15.2. The second-order valence-corrected chi connectivity index (χ2v) is 5.35. The van der Waals surface area contributed by atoms with E-state index in [0.29, 0.717) is 17.7 Å². The third-order valence-corrected chi connectivity index (χ3v) is 3.72. The summed E-state index contributed by atoms with van der Waals surface area (Å²) >= 11 is 5.03. The lowest BCUT2D eigenvalue weighted by atomic mass is 10.2. The molecule has 110 valence electrons. The number of morpholine rings is 1. The zero-order chi connectivity index (χ0) is 14.4. The van der Waals surface area contributed by atoms with E-state index < -0.39 is 0 Å². The smallest absolute Gasteiger partial charge is 0.129 e. The van der Waals surface area contributed by atoms with Crippen molar-refractivity contribution in [2.75, 3.05) is 32.8 Å². The Morgan fingerprint density at radius 1 is 1.50 bits per heavy atom. The molecule has 1 aliphatic heterocycles. The molecule has 4 nitrogen and oxygen atoms in total. The van der Waals surface area contributed by atoms with Crippen molar-refractivity contribution in [3.05, 3.63) is 29.8 Å². The summed E-state index contributed by atoms with van der Waals surface area (Å²) in [4.78, 5) is 2.75. The van der Waals surface area contributed by atoms with Crippen molar-refractivity contribution in [1.82, 2.24) is 4.90 Å². The molecular weight excluding hydrogens is 272 g/mol. The predicted octanol–water partition coefficient (Wildman–Crippen LogP) is 1.81. The highest BCUT2D eigenvalue weighted by atomic mass is 32.1. The maximum Gasteiger partial charge on any atom is 0.129 e. The van der Waals surface area contributed by atoms with Crippen molar-refractivity contribution < 1.29 is 9.47 Å². The van der Waals surface area contributed by atoms with Crippen molar-refractivity contribution in [1.29, 1.82) is 0 Å². The van der Waals surface area contributed by atoms with Crippen molar-refractivity contribution in [3.8, 4) is 5.75 Å². The van der Waals surface area contributed by atoms with Gasteiger partial charge in [0.1, 0.15) is 17.3 Å². The van der Waals surface area contributed by atoms with Gasteiger partial charge in [-0.15, -0.1) is 0 Å². The van der Waals surface area contributed by atoms with Gasteiger partial charge in [0.2, 0.25) is 0 Å². The Balaban J connectivity index is 1.82. The van der Waals surface area contributed by atoms with E-state index in [1.807, 2.05) is 24.3 Å². The number of ether oxygens (including phenoxy) is 2. The molecule has 1 aromatic rings. The predicted molar refractivity (Wildman–Crippen MR) is 84.3 cm³/mol. The van der Waals surface area contributed by atoms with Crippen LogP contribution in [0.5, 0.6) is 5.75 Å². The number of rotatable bonds is 6. The molecule has 1 heterocycles. The van der Waals surface area contributed by atoms with Crippen molar-refractivity contribution in [2.45, 2.75) is 19.4 Å². The molecule has 1 unspecified atom stereocenters. The van der Waals surface area contributed by atoms with Crippen LogP contribution in [0.2, 0.25) is 0 Å². The fraction of sp³-hybridized carbons (Fsp3) is 0.533. The number of nitrogens with two attached hydrogens (primary N) is 1. The molecule has 1 aliphatic rings. The van der Waals surface area contributed by atoms with Gasteiger partial charge in [-0.3, -0.25) is 4.90 Å². The molecule has 0 radical (unpaired) electrons. The van der Waals surface area contributed by atoms with Gasteiger partial charge < -0.3 is 15.2 Å². The van der Waals surface area contributed by atoms with E-state index in [-0.39, 0.29) is 0 Å². The van der Waals surface area contributed by atoms with E-state index >= 15 is 0 Å². The van der Waals surface area contributed by atoms with Crippen LogP contribution in [0.3, 0.4) is 0 Å². The van der Waals surface area contributed by atoms with Crippen molar-refractivity contribution in [3.63, 3.8) is 0 Å². The Morgan fingerprint density at radius 3 is 3.05 bits per heavy atom. The van der Waals surface area contributed by atoms with Crippen LogP contribution in [0.25, 0.3) is 0 Å². The number of para-hydroxylation sites is 1. The van der Waals surface area contributed by atoms with Crippen LogP contribution >= 0.6 is 12.2 Å². The normalized spacial score (nSPS) is 19.8. The number of benzene rings is 1. The first-order valence-corrected chi connectivity index (χ1v) is 7.47. The molecule has 1 fully saturated rings. The van der Waals surface area contributed by atoms with E-state index in [0.717, 1.165) is 44.0 Å². The summed E-state index contributed by atoms with van der Waals surface area (Å²) in [6, 6.07) is 7.64. The molecule has 2 N–H and O–H groups in total. The molecule has 1 aromatic carbocycles. The lowest BCUT2D eigenvalue weighted by Gasteiger charge is -2.32. The van der Waals surface area contributed by atoms with Crippen LogP contribution in [0.15, 0.2) is 24.3 Å². The minimum absolute atomic E-state index is 0.354. The molecule has 1 atom stereocenters. The van der Waals surface area contributed by atoms with Crippen LogP contribution in [-0.4, -0.2) is 48.8 Å². The topological polar surface area (TPSA) is 47.7 Å². The Hall–Kier alpha value is -1.17. The summed E-state index contributed by atoms with van der Waals surface area (Å²) in [6.07, 6.45) is 1.41. The summed E-state index contributed by atoms with van der Waals surface area (Å²) in [6.45, 7) is 6.44. The summed E-state index contributed by atoms with van der Waals surface area (Å²) < 4.78 is 11.5. The highest BCUT2D eigenvalue weighted by Crippen LogP contribution is 2.17. The van der Waals surface area contributed by atoms with E-state index in [9.17, 15) is 0 Å². The van der Waals surface area contributed by atoms with Gasteiger partial charge in [0.25, 0.3) is 0 Å². The van der Waals surface area contributed by atoms with Crippen LogP contribution < -0.4 is 10.5 Å². The molecule has 20 heavy (non-hydrogen) atoms. The van der Waals surface area contributed by atoms with Gasteiger partial charge in [-0.05, 0) is 18.6 Å². The Labute approximate surface area is 125 Å². The average molecular weight is 294 g/mol. The van der Waals surface area contributed by atoms with E-state index in [1.165, 1.54) is 0 Å². The molecule has 0 spiro atoms. The van der Waals surface area contributed by atoms with Gasteiger partial charge in [-0.2, -0.15) is 0 Å². The lowest BCUT2D eigenvalue weighted by Crippen LogP contribution is -2.43. The van der Waals surface area contributed by atoms with Crippen molar-refractivity contribution in [2.24, 2.45) is 5.73 Å². The van der Waals surface area contributed by atoms with Crippen molar-refractivity contribution >= 4 is 17.2 Å². The zero-order valence-electron chi connectivity index (χ0n) is 11.9. The van der Waals surface area contributed by atoms with Gasteiger partial charge in [-0.1, -0.05) is 31.3 Å². The van der Waals surface area contributed by atoms with E-state index in [4.69, 9.17) is 27.4 Å². The number of hydrogen-bond donors (Lipinski definition) is 1. The molecular formula is C15H22N2O2S. The minimum atomic E-state index is 0.354. The Kier molecular flexibility index (Phi) is 5.76. The molecule has 1 saturated heterocycles. The Bertz CT molecular complexity index is 453. The highest BCUT2D eigenvalue weighted by molar-refractivity contribution is 7.80. The highest BCUT2D eigenvalue weighted by Gasteiger charge is 2.18. The summed E-state index contributed by atoms with van der Waals surface area (Å²) in [7, 11) is 0. The molecule has 0 bridgehead atoms. The fourth-order valence-electron chi connectivity index (χ4n) is 2.31. The summed E-state index contributed by atoms with van der Waals surface area (Å²) in [5.41, 5.74) is 6.49. The molecule has 0 amide bonds.